The first kappa shape index (κ1) is 13.3. The molecule has 0 unspecified atom stereocenters. The van der Waals surface area contributed by atoms with Crippen molar-refractivity contribution in [1.29, 1.82) is 0 Å². The van der Waals surface area contributed by atoms with Gasteiger partial charge in [-0.05, 0) is 32.0 Å². The van der Waals surface area contributed by atoms with Gasteiger partial charge in [0, 0.05) is 24.0 Å². The molecule has 5 heteroatoms. The lowest BCUT2D eigenvalue weighted by atomic mass is 10.1. The summed E-state index contributed by atoms with van der Waals surface area (Å²) in [6, 6.07) is 4.79. The Morgan fingerprint density at radius 3 is 2.29 bits per heavy atom. The standard InChI is InChI=1S/C12H19N3O2/c1-12(2,7-17-3)15-11(16)8-4-9(13)6-10(14)5-8/h4-6H,7,13-14H2,1-3H3,(H,15,16). The number of nitrogens with two attached hydrogens (primary N) is 2. The molecule has 0 aliphatic carbocycles. The fourth-order valence-corrected chi connectivity index (χ4v) is 1.58. The molecule has 0 fully saturated rings. The largest absolute Gasteiger partial charge is 0.399 e. The van der Waals surface area contributed by atoms with Gasteiger partial charge >= 0.3 is 0 Å². The van der Waals surface area contributed by atoms with Gasteiger partial charge in [0.15, 0.2) is 0 Å². The number of anilines is 2. The Balaban J connectivity index is 2.83. The van der Waals surface area contributed by atoms with E-state index in [4.69, 9.17) is 16.2 Å². The first-order valence-electron chi connectivity index (χ1n) is 5.31. The van der Waals surface area contributed by atoms with Crippen molar-refractivity contribution in [3.8, 4) is 0 Å². The quantitative estimate of drug-likeness (QED) is 0.681. The number of benzene rings is 1. The van der Waals surface area contributed by atoms with Crippen LogP contribution in [0.4, 0.5) is 11.4 Å². The minimum atomic E-state index is -0.439. The fraction of sp³-hybridized carbons (Fsp3) is 0.417. The van der Waals surface area contributed by atoms with Crippen molar-refractivity contribution in [2.75, 3.05) is 25.2 Å². The number of hydrogen-bond acceptors (Lipinski definition) is 4. The smallest absolute Gasteiger partial charge is 0.251 e. The second-order valence-corrected chi connectivity index (χ2v) is 4.66. The minimum Gasteiger partial charge on any atom is -0.399 e. The summed E-state index contributed by atoms with van der Waals surface area (Å²) in [4.78, 5) is 12.0. The zero-order chi connectivity index (χ0) is 13.1. The Bertz CT molecular complexity index is 396. The van der Waals surface area contributed by atoms with Crippen LogP contribution in [0.2, 0.25) is 0 Å². The maximum absolute atomic E-state index is 12.0. The van der Waals surface area contributed by atoms with Gasteiger partial charge in [0.25, 0.3) is 5.91 Å². The van der Waals surface area contributed by atoms with Gasteiger partial charge in [0.1, 0.15) is 0 Å². The Labute approximate surface area is 101 Å². The van der Waals surface area contributed by atoms with E-state index < -0.39 is 5.54 Å². The molecule has 94 valence electrons. The molecule has 1 amide bonds. The van der Waals surface area contributed by atoms with E-state index in [1.165, 1.54) is 0 Å². The second-order valence-electron chi connectivity index (χ2n) is 4.66. The first-order valence-corrected chi connectivity index (χ1v) is 5.31. The first-order chi connectivity index (χ1) is 7.84. The summed E-state index contributed by atoms with van der Waals surface area (Å²) >= 11 is 0. The second kappa shape index (κ2) is 5.05. The molecule has 0 heterocycles. The summed E-state index contributed by atoms with van der Waals surface area (Å²) < 4.78 is 5.03. The molecule has 0 saturated heterocycles. The van der Waals surface area contributed by atoms with Gasteiger partial charge in [-0.25, -0.2) is 0 Å². The van der Waals surface area contributed by atoms with Crippen LogP contribution < -0.4 is 16.8 Å². The van der Waals surface area contributed by atoms with Gasteiger partial charge in [-0.2, -0.15) is 0 Å². The molecule has 1 rings (SSSR count). The predicted octanol–water partition coefficient (Wildman–Crippen LogP) is 1.01. The SMILES string of the molecule is COCC(C)(C)NC(=O)c1cc(N)cc(N)c1. The fourth-order valence-electron chi connectivity index (χ4n) is 1.58. The van der Waals surface area contributed by atoms with Crippen molar-refractivity contribution in [1.82, 2.24) is 5.32 Å². The molecule has 0 radical (unpaired) electrons. The van der Waals surface area contributed by atoms with Gasteiger partial charge in [-0.1, -0.05) is 0 Å². The normalized spacial score (nSPS) is 11.2. The molecular weight excluding hydrogens is 218 g/mol. The lowest BCUT2D eigenvalue weighted by molar-refractivity contribution is 0.0820. The Morgan fingerprint density at radius 2 is 1.82 bits per heavy atom. The van der Waals surface area contributed by atoms with Gasteiger partial charge < -0.3 is 21.5 Å². The third-order valence-corrected chi connectivity index (χ3v) is 2.20. The molecule has 1 aromatic carbocycles. The molecule has 5 N–H and O–H groups in total. The molecule has 0 atom stereocenters. The summed E-state index contributed by atoms with van der Waals surface area (Å²) in [5.74, 6) is -0.217. The van der Waals surface area contributed by atoms with Crippen molar-refractivity contribution in [2.24, 2.45) is 0 Å². The van der Waals surface area contributed by atoms with Crippen LogP contribution in [0.25, 0.3) is 0 Å². The van der Waals surface area contributed by atoms with E-state index in [9.17, 15) is 4.79 Å². The molecule has 0 aliphatic rings. The highest BCUT2D eigenvalue weighted by Gasteiger charge is 2.21. The van der Waals surface area contributed by atoms with Gasteiger partial charge in [0.2, 0.25) is 0 Å². The molecule has 17 heavy (non-hydrogen) atoms. The zero-order valence-corrected chi connectivity index (χ0v) is 10.4. The van der Waals surface area contributed by atoms with Crippen molar-refractivity contribution in [3.63, 3.8) is 0 Å². The predicted molar refractivity (Wildman–Crippen MR) is 68.7 cm³/mol. The highest BCUT2D eigenvalue weighted by atomic mass is 16.5. The number of methoxy groups -OCH3 is 1. The number of nitrogen functional groups attached to an aromatic ring is 2. The number of hydrogen-bond donors (Lipinski definition) is 3. The van der Waals surface area contributed by atoms with Crippen LogP contribution in [0.1, 0.15) is 24.2 Å². The highest BCUT2D eigenvalue weighted by Crippen LogP contribution is 2.14. The molecule has 0 aliphatic heterocycles. The molecule has 0 bridgehead atoms. The van der Waals surface area contributed by atoms with Crippen LogP contribution in [0.15, 0.2) is 18.2 Å². The number of amides is 1. The summed E-state index contributed by atoms with van der Waals surface area (Å²) in [5.41, 5.74) is 12.2. The maximum atomic E-state index is 12.0. The Kier molecular flexibility index (Phi) is 3.96. The van der Waals surface area contributed by atoms with E-state index >= 15 is 0 Å². The number of carbonyl (C=O) groups is 1. The summed E-state index contributed by atoms with van der Waals surface area (Å²) in [7, 11) is 1.59. The van der Waals surface area contributed by atoms with Crippen LogP contribution in [0.5, 0.6) is 0 Å². The van der Waals surface area contributed by atoms with E-state index in [1.807, 2.05) is 13.8 Å². The molecular formula is C12H19N3O2. The van der Waals surface area contributed by atoms with E-state index in [-0.39, 0.29) is 5.91 Å². The van der Waals surface area contributed by atoms with Crippen LogP contribution >= 0.6 is 0 Å². The van der Waals surface area contributed by atoms with E-state index in [0.717, 1.165) is 0 Å². The Hall–Kier alpha value is -1.75. The zero-order valence-electron chi connectivity index (χ0n) is 10.4. The van der Waals surface area contributed by atoms with Gasteiger partial charge in [0.05, 0.1) is 12.1 Å². The lowest BCUT2D eigenvalue weighted by Gasteiger charge is -2.25. The number of nitrogens with one attached hydrogen (secondary N) is 1. The average molecular weight is 237 g/mol. The van der Waals surface area contributed by atoms with Crippen LogP contribution in [-0.4, -0.2) is 25.2 Å². The summed E-state index contributed by atoms with van der Waals surface area (Å²) in [5, 5.41) is 2.85. The molecule has 1 aromatic rings. The average Bonchev–Trinajstić information content (AvgIpc) is 2.14. The highest BCUT2D eigenvalue weighted by molar-refractivity contribution is 5.96. The van der Waals surface area contributed by atoms with Crippen LogP contribution in [0.3, 0.4) is 0 Å². The van der Waals surface area contributed by atoms with Crippen molar-refractivity contribution in [3.05, 3.63) is 23.8 Å². The third kappa shape index (κ3) is 3.96. The monoisotopic (exact) mass is 237 g/mol. The number of carbonyl (C=O) groups excluding carboxylic acids is 1. The minimum absolute atomic E-state index is 0.217. The molecule has 0 aromatic heterocycles. The van der Waals surface area contributed by atoms with Crippen LogP contribution in [0, 0.1) is 0 Å². The number of rotatable bonds is 4. The van der Waals surface area contributed by atoms with Crippen molar-refractivity contribution >= 4 is 17.3 Å². The van der Waals surface area contributed by atoms with Gasteiger partial charge in [-0.3, -0.25) is 4.79 Å². The van der Waals surface area contributed by atoms with E-state index in [1.54, 1.807) is 25.3 Å². The Morgan fingerprint density at radius 1 is 1.29 bits per heavy atom. The molecule has 5 nitrogen and oxygen atoms in total. The van der Waals surface area contributed by atoms with Crippen molar-refractivity contribution in [2.45, 2.75) is 19.4 Å². The van der Waals surface area contributed by atoms with E-state index in [0.29, 0.717) is 23.5 Å². The maximum Gasteiger partial charge on any atom is 0.251 e. The topological polar surface area (TPSA) is 90.4 Å². The van der Waals surface area contributed by atoms with Crippen molar-refractivity contribution < 1.29 is 9.53 Å². The third-order valence-electron chi connectivity index (χ3n) is 2.20. The van der Waals surface area contributed by atoms with Gasteiger partial charge in [-0.15, -0.1) is 0 Å². The molecule has 0 saturated carbocycles. The summed E-state index contributed by atoms with van der Waals surface area (Å²) in [6.07, 6.45) is 0. The van der Waals surface area contributed by atoms with E-state index in [2.05, 4.69) is 5.32 Å². The number of ether oxygens (including phenoxy) is 1. The summed E-state index contributed by atoms with van der Waals surface area (Å²) in [6.45, 7) is 4.19. The molecule has 0 spiro atoms. The lowest BCUT2D eigenvalue weighted by Crippen LogP contribution is -2.46. The van der Waals surface area contributed by atoms with Crippen LogP contribution in [-0.2, 0) is 4.74 Å².